The minimum atomic E-state index is -4.06. The van der Waals surface area contributed by atoms with Crippen LogP contribution in [-0.4, -0.2) is 39.0 Å². The number of carbonyl (C=O) groups excluding carboxylic acids is 3. The molecule has 12 heteroatoms. The number of hydrogen-bond acceptors (Lipinski definition) is 8. The fourth-order valence-electron chi connectivity index (χ4n) is 3.83. The van der Waals surface area contributed by atoms with Crippen LogP contribution in [0, 0.1) is 6.92 Å². The molecule has 1 amide bonds. The van der Waals surface area contributed by atoms with Crippen LogP contribution in [0.1, 0.15) is 40.1 Å². The van der Waals surface area contributed by atoms with Gasteiger partial charge >= 0.3 is 11.9 Å². The van der Waals surface area contributed by atoms with Crippen molar-refractivity contribution in [3.05, 3.63) is 101 Å². The third kappa shape index (κ3) is 7.35. The summed E-state index contributed by atoms with van der Waals surface area (Å²) in [4.78, 5) is 39.1. The molecule has 0 spiro atoms. The average Bonchev–Trinajstić information content (AvgIpc) is 3.37. The van der Waals surface area contributed by atoms with E-state index in [1.165, 1.54) is 30.4 Å². The number of ether oxygens (including phenoxy) is 2. The number of thiophene rings is 1. The lowest BCUT2D eigenvalue weighted by molar-refractivity contribution is -0.123. The zero-order valence-corrected chi connectivity index (χ0v) is 25.2. The van der Waals surface area contributed by atoms with E-state index in [-0.39, 0.29) is 32.7 Å². The monoisotopic (exact) mass is 626 g/mol. The highest BCUT2D eigenvalue weighted by Gasteiger charge is 2.26. The minimum absolute atomic E-state index is 0.0579. The Balaban J connectivity index is 1.51. The van der Waals surface area contributed by atoms with E-state index in [1.807, 2.05) is 43.3 Å². The number of carbonyl (C=O) groups is 3. The third-order valence-corrected chi connectivity index (χ3v) is 8.72. The van der Waals surface area contributed by atoms with Crippen LogP contribution < -0.4 is 10.0 Å². The van der Waals surface area contributed by atoms with E-state index in [0.717, 1.165) is 22.1 Å². The van der Waals surface area contributed by atoms with Crippen LogP contribution in [0.5, 0.6) is 0 Å². The van der Waals surface area contributed by atoms with Crippen LogP contribution in [-0.2, 0) is 24.3 Å². The van der Waals surface area contributed by atoms with E-state index in [4.69, 9.17) is 21.1 Å². The van der Waals surface area contributed by atoms with E-state index in [0.29, 0.717) is 5.69 Å². The highest BCUT2D eigenvalue weighted by molar-refractivity contribution is 7.92. The molecular weight excluding hydrogens is 600 g/mol. The van der Waals surface area contributed by atoms with Crippen LogP contribution in [0.25, 0.3) is 10.4 Å². The molecule has 0 aliphatic heterocycles. The number of sulfonamides is 1. The Hall–Kier alpha value is -4.19. The quantitative estimate of drug-likeness (QED) is 0.191. The van der Waals surface area contributed by atoms with Crippen LogP contribution >= 0.6 is 22.9 Å². The Bertz CT molecular complexity index is 1740. The Morgan fingerprint density at radius 1 is 0.929 bits per heavy atom. The molecule has 1 aromatic heterocycles. The van der Waals surface area contributed by atoms with Gasteiger partial charge in [-0.2, -0.15) is 0 Å². The fourth-order valence-corrected chi connectivity index (χ4v) is 6.16. The summed E-state index contributed by atoms with van der Waals surface area (Å²) in [5, 5.41) is 2.81. The fraction of sp³-hybridized carbons (Fsp3) is 0.167. The molecule has 218 valence electrons. The van der Waals surface area contributed by atoms with Crippen LogP contribution in [0.3, 0.4) is 0 Å². The molecule has 0 saturated heterocycles. The number of hydrogen-bond donors (Lipinski definition) is 2. The van der Waals surface area contributed by atoms with Crippen molar-refractivity contribution in [3.63, 3.8) is 0 Å². The standard InChI is InChI=1S/C30H27ClN2O7S2/c1-4-39-29(35)24-17-26(20-10-6-5-7-11-20)41-28(24)32-27(34)19(3)40-30(36)23-16-22(13-14-25(23)31)42(37,38)33-21-12-8-9-18(2)15-21/h5-17,19,33H,4H2,1-3H3,(H,32,34)/t19-/m0/s1. The molecule has 0 radical (unpaired) electrons. The highest BCUT2D eigenvalue weighted by atomic mass is 35.5. The summed E-state index contributed by atoms with van der Waals surface area (Å²) in [7, 11) is -4.06. The van der Waals surface area contributed by atoms with Gasteiger partial charge in [0, 0.05) is 10.6 Å². The van der Waals surface area contributed by atoms with E-state index in [1.54, 1.807) is 31.2 Å². The summed E-state index contributed by atoms with van der Waals surface area (Å²) in [5.74, 6) is -2.33. The summed E-state index contributed by atoms with van der Waals surface area (Å²) < 4.78 is 38.9. The van der Waals surface area contributed by atoms with Crippen molar-refractivity contribution in [1.82, 2.24) is 0 Å². The van der Waals surface area contributed by atoms with Crippen LogP contribution in [0.15, 0.2) is 83.8 Å². The number of anilines is 2. The first-order chi connectivity index (χ1) is 20.0. The Morgan fingerprint density at radius 3 is 2.36 bits per heavy atom. The van der Waals surface area contributed by atoms with Gasteiger partial charge in [-0.1, -0.05) is 54.1 Å². The SMILES string of the molecule is CCOC(=O)c1cc(-c2ccccc2)sc1NC(=O)[C@H](C)OC(=O)c1cc(S(=O)(=O)Nc2cccc(C)c2)ccc1Cl. The normalized spacial score (nSPS) is 11.8. The van der Waals surface area contributed by atoms with Crippen molar-refractivity contribution in [2.45, 2.75) is 31.8 Å². The van der Waals surface area contributed by atoms with Crippen molar-refractivity contribution in [2.75, 3.05) is 16.6 Å². The number of amides is 1. The highest BCUT2D eigenvalue weighted by Crippen LogP contribution is 2.36. The van der Waals surface area contributed by atoms with Crippen molar-refractivity contribution in [2.24, 2.45) is 0 Å². The summed E-state index contributed by atoms with van der Waals surface area (Å²) in [6.45, 7) is 4.99. The molecule has 1 atom stereocenters. The van der Waals surface area contributed by atoms with Gasteiger partial charge in [0.05, 0.1) is 27.7 Å². The van der Waals surface area contributed by atoms with Gasteiger partial charge in [-0.05, 0) is 68.3 Å². The number of benzene rings is 3. The molecular formula is C30H27ClN2O7S2. The molecule has 0 bridgehead atoms. The molecule has 0 unspecified atom stereocenters. The molecule has 3 aromatic carbocycles. The summed E-state index contributed by atoms with van der Waals surface area (Å²) in [6, 6.07) is 21.3. The molecule has 2 N–H and O–H groups in total. The number of nitrogens with one attached hydrogen (secondary N) is 2. The average molecular weight is 627 g/mol. The maximum absolute atomic E-state index is 13.0. The first kappa shape index (κ1) is 30.8. The zero-order valence-electron chi connectivity index (χ0n) is 22.8. The second-order valence-electron chi connectivity index (χ2n) is 9.09. The maximum atomic E-state index is 13.0. The van der Waals surface area contributed by atoms with E-state index >= 15 is 0 Å². The van der Waals surface area contributed by atoms with Gasteiger partial charge < -0.3 is 14.8 Å². The van der Waals surface area contributed by atoms with Gasteiger partial charge in [0.2, 0.25) is 0 Å². The second-order valence-corrected chi connectivity index (χ2v) is 12.2. The zero-order chi connectivity index (χ0) is 30.4. The van der Waals surface area contributed by atoms with Crippen molar-refractivity contribution in [3.8, 4) is 10.4 Å². The van der Waals surface area contributed by atoms with Crippen LogP contribution in [0.2, 0.25) is 5.02 Å². The Kier molecular flexibility index (Phi) is 9.66. The lowest BCUT2D eigenvalue weighted by Crippen LogP contribution is -2.30. The number of halogens is 1. The second kappa shape index (κ2) is 13.2. The van der Waals surface area contributed by atoms with Gasteiger partial charge in [0.1, 0.15) is 5.00 Å². The van der Waals surface area contributed by atoms with E-state index in [9.17, 15) is 22.8 Å². The van der Waals surface area contributed by atoms with Gasteiger partial charge in [-0.3, -0.25) is 9.52 Å². The molecule has 9 nitrogen and oxygen atoms in total. The molecule has 4 rings (SSSR count). The first-order valence-electron chi connectivity index (χ1n) is 12.8. The van der Waals surface area contributed by atoms with Crippen LogP contribution in [0.4, 0.5) is 10.7 Å². The van der Waals surface area contributed by atoms with Crippen molar-refractivity contribution >= 4 is 61.5 Å². The Labute approximate surface area is 252 Å². The third-order valence-electron chi connectivity index (χ3n) is 5.91. The smallest absolute Gasteiger partial charge is 0.341 e. The molecule has 0 aliphatic carbocycles. The number of esters is 2. The van der Waals surface area contributed by atoms with Gasteiger partial charge in [0.15, 0.2) is 6.10 Å². The predicted molar refractivity (Wildman–Crippen MR) is 163 cm³/mol. The molecule has 4 aromatic rings. The number of aryl methyl sites for hydroxylation is 1. The summed E-state index contributed by atoms with van der Waals surface area (Å²) in [6.07, 6.45) is -1.32. The van der Waals surface area contributed by atoms with Crippen molar-refractivity contribution < 1.29 is 32.3 Å². The molecule has 0 aliphatic rings. The maximum Gasteiger partial charge on any atom is 0.341 e. The molecule has 1 heterocycles. The van der Waals surface area contributed by atoms with Gasteiger partial charge in [0.25, 0.3) is 15.9 Å². The van der Waals surface area contributed by atoms with E-state index < -0.39 is 34.0 Å². The summed E-state index contributed by atoms with van der Waals surface area (Å²) in [5.41, 5.74) is 1.98. The van der Waals surface area contributed by atoms with Gasteiger partial charge in [-0.15, -0.1) is 11.3 Å². The lowest BCUT2D eigenvalue weighted by Gasteiger charge is -2.15. The predicted octanol–water partition coefficient (Wildman–Crippen LogP) is 6.54. The van der Waals surface area contributed by atoms with E-state index in [2.05, 4.69) is 10.0 Å². The molecule has 0 fully saturated rings. The number of rotatable bonds is 10. The minimum Gasteiger partial charge on any atom is -0.462 e. The van der Waals surface area contributed by atoms with Gasteiger partial charge in [-0.25, -0.2) is 18.0 Å². The first-order valence-corrected chi connectivity index (χ1v) is 15.4. The summed E-state index contributed by atoms with van der Waals surface area (Å²) >= 11 is 7.36. The molecule has 0 saturated carbocycles. The Morgan fingerprint density at radius 2 is 1.67 bits per heavy atom. The lowest BCUT2D eigenvalue weighted by atomic mass is 10.1. The van der Waals surface area contributed by atoms with Crippen molar-refractivity contribution in [1.29, 1.82) is 0 Å². The topological polar surface area (TPSA) is 128 Å². The molecule has 42 heavy (non-hydrogen) atoms. The largest absolute Gasteiger partial charge is 0.462 e.